The molecule has 2 unspecified atom stereocenters. The second-order valence-electron chi connectivity index (χ2n) is 3.74. The molecule has 0 spiro atoms. The van der Waals surface area contributed by atoms with Gasteiger partial charge < -0.3 is 9.84 Å². The number of hydrogen-bond donors (Lipinski definition) is 1. The van der Waals surface area contributed by atoms with E-state index in [2.05, 4.69) is 0 Å². The highest BCUT2D eigenvalue weighted by molar-refractivity contribution is 4.85. The van der Waals surface area contributed by atoms with Gasteiger partial charge in [0, 0.05) is 12.8 Å². The maximum Gasteiger partial charge on any atom is 0.0694 e. The second-order valence-corrected chi connectivity index (χ2v) is 3.74. The number of ether oxygens (including phenoxy) is 1. The van der Waals surface area contributed by atoms with E-state index in [4.69, 9.17) is 4.74 Å². The van der Waals surface area contributed by atoms with Gasteiger partial charge in [-0.15, -0.1) is 0 Å². The first-order valence-electron chi connectivity index (χ1n) is 4.43. The molecule has 1 rings (SSSR count). The Bertz CT molecular complexity index is 124. The van der Waals surface area contributed by atoms with Crippen molar-refractivity contribution in [1.29, 1.82) is 0 Å². The Morgan fingerprint density at radius 1 is 1.36 bits per heavy atom. The van der Waals surface area contributed by atoms with Crippen molar-refractivity contribution in [2.75, 3.05) is 0 Å². The van der Waals surface area contributed by atoms with Crippen molar-refractivity contribution in [2.24, 2.45) is 0 Å². The molecule has 0 saturated carbocycles. The molecule has 1 N–H and O–H groups in total. The Morgan fingerprint density at radius 3 is 2.18 bits per heavy atom. The summed E-state index contributed by atoms with van der Waals surface area (Å²) in [5.74, 6) is 0. The highest BCUT2D eigenvalue weighted by Gasteiger charge is 2.34. The molecular weight excluding hydrogens is 140 g/mol. The molecule has 0 aliphatic carbocycles. The van der Waals surface area contributed by atoms with Gasteiger partial charge in [-0.3, -0.25) is 0 Å². The second kappa shape index (κ2) is 3.11. The smallest absolute Gasteiger partial charge is 0.0694 e. The molecule has 0 aromatic carbocycles. The molecule has 0 amide bonds. The third-order valence-corrected chi connectivity index (χ3v) is 2.46. The maximum absolute atomic E-state index is 9.94. The molecule has 66 valence electrons. The van der Waals surface area contributed by atoms with Crippen LogP contribution in [0.25, 0.3) is 0 Å². The predicted molar refractivity (Wildman–Crippen MR) is 44.5 cm³/mol. The summed E-state index contributed by atoms with van der Waals surface area (Å²) < 4.78 is 5.52. The van der Waals surface area contributed by atoms with Crippen LogP contribution in [0, 0.1) is 0 Å². The van der Waals surface area contributed by atoms with E-state index in [0.717, 1.165) is 19.3 Å². The lowest BCUT2D eigenvalue weighted by Crippen LogP contribution is -2.42. The summed E-state index contributed by atoms with van der Waals surface area (Å²) in [6.07, 6.45) is 2.83. The molecule has 2 nitrogen and oxygen atoms in total. The van der Waals surface area contributed by atoms with E-state index in [1.807, 2.05) is 20.8 Å². The van der Waals surface area contributed by atoms with E-state index >= 15 is 0 Å². The van der Waals surface area contributed by atoms with Crippen molar-refractivity contribution in [1.82, 2.24) is 0 Å². The van der Waals surface area contributed by atoms with E-state index in [-0.39, 0.29) is 12.2 Å². The van der Waals surface area contributed by atoms with E-state index in [1.54, 1.807) is 0 Å². The van der Waals surface area contributed by atoms with Crippen LogP contribution in [0.15, 0.2) is 0 Å². The van der Waals surface area contributed by atoms with Crippen LogP contribution in [-0.2, 0) is 4.74 Å². The van der Waals surface area contributed by atoms with Crippen molar-refractivity contribution in [3.8, 4) is 0 Å². The van der Waals surface area contributed by atoms with E-state index in [1.165, 1.54) is 0 Å². The van der Waals surface area contributed by atoms with Gasteiger partial charge in [0.15, 0.2) is 0 Å². The first-order chi connectivity index (χ1) is 5.06. The number of rotatable bonds is 1. The van der Waals surface area contributed by atoms with Crippen LogP contribution in [0.5, 0.6) is 0 Å². The maximum atomic E-state index is 9.94. The van der Waals surface area contributed by atoms with Crippen molar-refractivity contribution >= 4 is 0 Å². The largest absolute Gasteiger partial charge is 0.390 e. The minimum Gasteiger partial charge on any atom is -0.390 e. The lowest BCUT2D eigenvalue weighted by Gasteiger charge is -2.38. The number of hydrogen-bond acceptors (Lipinski definition) is 2. The molecule has 1 aliphatic rings. The van der Waals surface area contributed by atoms with Crippen LogP contribution in [0.3, 0.4) is 0 Å². The summed E-state index contributed by atoms with van der Waals surface area (Å²) >= 11 is 0. The Hall–Kier alpha value is -0.0800. The normalized spacial score (nSPS) is 45.8. The fourth-order valence-electron chi connectivity index (χ4n) is 1.93. The molecule has 1 saturated heterocycles. The van der Waals surface area contributed by atoms with Gasteiger partial charge in [0.05, 0.1) is 17.8 Å². The van der Waals surface area contributed by atoms with Gasteiger partial charge in [-0.2, -0.15) is 0 Å². The van der Waals surface area contributed by atoms with Crippen LogP contribution >= 0.6 is 0 Å². The van der Waals surface area contributed by atoms with E-state index in [9.17, 15) is 5.11 Å². The van der Waals surface area contributed by atoms with Crippen LogP contribution in [0.1, 0.15) is 40.0 Å². The SMILES string of the molecule is CCC1(O)CC(C)OC(C)C1. The van der Waals surface area contributed by atoms with Gasteiger partial charge in [0.1, 0.15) is 0 Å². The van der Waals surface area contributed by atoms with Crippen LogP contribution < -0.4 is 0 Å². The number of aliphatic hydroxyl groups is 1. The summed E-state index contributed by atoms with van der Waals surface area (Å²) in [5, 5.41) is 9.94. The van der Waals surface area contributed by atoms with Crippen LogP contribution in [0.2, 0.25) is 0 Å². The Kier molecular flexibility index (Phi) is 2.55. The van der Waals surface area contributed by atoms with Crippen LogP contribution in [0.4, 0.5) is 0 Å². The van der Waals surface area contributed by atoms with Crippen molar-refractivity contribution in [3.63, 3.8) is 0 Å². The fourth-order valence-corrected chi connectivity index (χ4v) is 1.93. The zero-order valence-corrected chi connectivity index (χ0v) is 7.63. The Labute approximate surface area is 68.6 Å². The van der Waals surface area contributed by atoms with Gasteiger partial charge in [0.25, 0.3) is 0 Å². The van der Waals surface area contributed by atoms with Crippen molar-refractivity contribution in [2.45, 2.75) is 57.8 Å². The van der Waals surface area contributed by atoms with Gasteiger partial charge >= 0.3 is 0 Å². The lowest BCUT2D eigenvalue weighted by molar-refractivity contribution is -0.132. The molecule has 0 bridgehead atoms. The summed E-state index contributed by atoms with van der Waals surface area (Å²) in [6, 6.07) is 0. The van der Waals surface area contributed by atoms with Gasteiger partial charge in [-0.05, 0) is 20.3 Å². The summed E-state index contributed by atoms with van der Waals surface area (Å²) in [7, 11) is 0. The standard InChI is InChI=1S/C9H18O2/c1-4-9(10)5-7(2)11-8(3)6-9/h7-8,10H,4-6H2,1-3H3. The molecule has 0 aromatic heterocycles. The first-order valence-corrected chi connectivity index (χ1v) is 4.43. The molecule has 1 aliphatic heterocycles. The third kappa shape index (κ3) is 2.17. The quantitative estimate of drug-likeness (QED) is 0.629. The van der Waals surface area contributed by atoms with E-state index < -0.39 is 5.60 Å². The minimum atomic E-state index is -0.461. The molecule has 0 aromatic rings. The van der Waals surface area contributed by atoms with E-state index in [0.29, 0.717) is 0 Å². The van der Waals surface area contributed by atoms with Crippen LogP contribution in [-0.4, -0.2) is 22.9 Å². The Morgan fingerprint density at radius 2 is 1.82 bits per heavy atom. The average Bonchev–Trinajstić information content (AvgIpc) is 1.84. The van der Waals surface area contributed by atoms with Gasteiger partial charge in [-0.1, -0.05) is 6.92 Å². The molecule has 1 heterocycles. The zero-order chi connectivity index (χ0) is 8.48. The molecule has 2 atom stereocenters. The summed E-state index contributed by atoms with van der Waals surface area (Å²) in [5.41, 5.74) is -0.461. The monoisotopic (exact) mass is 158 g/mol. The van der Waals surface area contributed by atoms with Crippen molar-refractivity contribution in [3.05, 3.63) is 0 Å². The zero-order valence-electron chi connectivity index (χ0n) is 7.63. The van der Waals surface area contributed by atoms with Crippen molar-refractivity contribution < 1.29 is 9.84 Å². The molecule has 1 fully saturated rings. The highest BCUT2D eigenvalue weighted by Crippen LogP contribution is 2.30. The third-order valence-electron chi connectivity index (χ3n) is 2.46. The molecule has 11 heavy (non-hydrogen) atoms. The molecule has 2 heteroatoms. The Balaban J connectivity index is 2.55. The fraction of sp³-hybridized carbons (Fsp3) is 1.00. The lowest BCUT2D eigenvalue weighted by atomic mass is 9.86. The predicted octanol–water partition coefficient (Wildman–Crippen LogP) is 1.71. The topological polar surface area (TPSA) is 29.5 Å². The average molecular weight is 158 g/mol. The molecule has 0 radical (unpaired) electrons. The van der Waals surface area contributed by atoms with Gasteiger partial charge in [-0.25, -0.2) is 0 Å². The minimum absolute atomic E-state index is 0.212. The highest BCUT2D eigenvalue weighted by atomic mass is 16.5. The first kappa shape index (κ1) is 9.01. The van der Waals surface area contributed by atoms with Gasteiger partial charge in [0.2, 0.25) is 0 Å². The summed E-state index contributed by atoms with van der Waals surface area (Å²) in [4.78, 5) is 0. The molecular formula is C9H18O2. The summed E-state index contributed by atoms with van der Waals surface area (Å²) in [6.45, 7) is 6.08.